The summed E-state index contributed by atoms with van der Waals surface area (Å²) in [5, 5.41) is 13.2. The van der Waals surface area contributed by atoms with E-state index < -0.39 is 0 Å². The summed E-state index contributed by atoms with van der Waals surface area (Å²) < 4.78 is 0. The lowest BCUT2D eigenvalue weighted by molar-refractivity contribution is -0.127. The molecule has 0 saturated carbocycles. The molecule has 1 atom stereocenters. The molecule has 0 aromatic heterocycles. The van der Waals surface area contributed by atoms with Crippen molar-refractivity contribution in [3.05, 3.63) is 113 Å². The standard InChI is InChI=1S/C28H27N3O2/c1-2-19-8-10-21(11-9-19)17-25-28(33)31-18-26(22-12-14-23(32)15-13-22)29-24(27(31)30-25)16-20-6-4-3-5-7-20/h3-15,25,30,32H,2,16-18H2,1H3. The van der Waals surface area contributed by atoms with Crippen LogP contribution >= 0.6 is 0 Å². The van der Waals surface area contributed by atoms with Crippen LogP contribution in [0.5, 0.6) is 5.75 Å². The Balaban J connectivity index is 1.46. The van der Waals surface area contributed by atoms with Gasteiger partial charge in [-0.1, -0.05) is 61.5 Å². The normalized spacial score (nSPS) is 17.6. The fraction of sp³-hybridized carbons (Fsp3) is 0.214. The Morgan fingerprint density at radius 1 is 0.939 bits per heavy atom. The Morgan fingerprint density at radius 3 is 2.33 bits per heavy atom. The average molecular weight is 438 g/mol. The van der Waals surface area contributed by atoms with Crippen molar-refractivity contribution in [3.63, 3.8) is 0 Å². The van der Waals surface area contributed by atoms with Crippen LogP contribution in [0.4, 0.5) is 0 Å². The van der Waals surface area contributed by atoms with Crippen molar-refractivity contribution in [3.8, 4) is 5.75 Å². The minimum atomic E-state index is -0.312. The number of phenolic OH excluding ortho intramolecular Hbond substituents is 1. The fourth-order valence-corrected chi connectivity index (χ4v) is 4.41. The third-order valence-corrected chi connectivity index (χ3v) is 6.28. The third-order valence-electron chi connectivity index (χ3n) is 6.28. The van der Waals surface area contributed by atoms with E-state index in [9.17, 15) is 9.90 Å². The molecule has 3 aromatic carbocycles. The summed E-state index contributed by atoms with van der Waals surface area (Å²) in [6.07, 6.45) is 2.27. The highest BCUT2D eigenvalue weighted by atomic mass is 16.3. The Labute approximate surface area is 194 Å². The van der Waals surface area contributed by atoms with Crippen molar-refractivity contribution in [1.82, 2.24) is 10.2 Å². The van der Waals surface area contributed by atoms with Gasteiger partial charge < -0.3 is 10.4 Å². The molecule has 5 rings (SSSR count). The maximum atomic E-state index is 13.4. The van der Waals surface area contributed by atoms with Crippen molar-refractivity contribution in [1.29, 1.82) is 0 Å². The third kappa shape index (κ3) is 4.40. The number of aryl methyl sites for hydroxylation is 1. The summed E-state index contributed by atoms with van der Waals surface area (Å²) >= 11 is 0. The molecule has 0 bridgehead atoms. The zero-order valence-electron chi connectivity index (χ0n) is 18.7. The van der Waals surface area contributed by atoms with Gasteiger partial charge in [-0.25, -0.2) is 0 Å². The number of nitrogens with one attached hydrogen (secondary N) is 1. The van der Waals surface area contributed by atoms with Crippen LogP contribution in [0, 0.1) is 0 Å². The van der Waals surface area contributed by atoms with Gasteiger partial charge in [-0.15, -0.1) is 0 Å². The quantitative estimate of drug-likeness (QED) is 0.607. The van der Waals surface area contributed by atoms with Crippen molar-refractivity contribution < 1.29 is 9.90 Å². The van der Waals surface area contributed by atoms with Crippen LogP contribution in [0.25, 0.3) is 0 Å². The van der Waals surface area contributed by atoms with Gasteiger partial charge in [-0.2, -0.15) is 0 Å². The Morgan fingerprint density at radius 2 is 1.64 bits per heavy atom. The number of aromatic hydroxyl groups is 1. The summed E-state index contributed by atoms with van der Waals surface area (Å²) in [6, 6.07) is 25.4. The number of amides is 1. The highest BCUT2D eigenvalue weighted by Crippen LogP contribution is 2.28. The number of hydrogen-bond donors (Lipinski definition) is 2. The van der Waals surface area contributed by atoms with Crippen molar-refractivity contribution >= 4 is 11.6 Å². The Bertz CT molecular complexity index is 1210. The second kappa shape index (κ2) is 8.94. The van der Waals surface area contributed by atoms with Crippen LogP contribution in [0.3, 0.4) is 0 Å². The first-order valence-corrected chi connectivity index (χ1v) is 11.4. The van der Waals surface area contributed by atoms with Crippen molar-refractivity contribution in [2.24, 2.45) is 4.99 Å². The maximum absolute atomic E-state index is 13.4. The minimum absolute atomic E-state index is 0.0707. The lowest BCUT2D eigenvalue weighted by Crippen LogP contribution is -2.36. The predicted molar refractivity (Wildman–Crippen MR) is 130 cm³/mol. The van der Waals surface area contributed by atoms with Gasteiger partial charge in [0, 0.05) is 12.8 Å². The zero-order chi connectivity index (χ0) is 22.8. The topological polar surface area (TPSA) is 64.9 Å². The van der Waals surface area contributed by atoms with Crippen LogP contribution in [-0.2, 0) is 24.1 Å². The monoisotopic (exact) mass is 437 g/mol. The summed E-state index contributed by atoms with van der Waals surface area (Å²) in [7, 11) is 0. The Kier molecular flexibility index (Phi) is 5.69. The van der Waals surface area contributed by atoms with Crippen LogP contribution in [-0.4, -0.2) is 34.2 Å². The minimum Gasteiger partial charge on any atom is -0.508 e. The van der Waals surface area contributed by atoms with E-state index in [1.54, 1.807) is 12.1 Å². The van der Waals surface area contributed by atoms with E-state index in [4.69, 9.17) is 4.99 Å². The second-order valence-corrected chi connectivity index (χ2v) is 8.56. The molecule has 166 valence electrons. The fourth-order valence-electron chi connectivity index (χ4n) is 4.41. The predicted octanol–water partition coefficient (Wildman–Crippen LogP) is 4.21. The zero-order valence-corrected chi connectivity index (χ0v) is 18.7. The van der Waals surface area contributed by atoms with Crippen molar-refractivity contribution in [2.45, 2.75) is 32.2 Å². The van der Waals surface area contributed by atoms with Gasteiger partial charge in [-0.05, 0) is 52.9 Å². The van der Waals surface area contributed by atoms with Crippen molar-refractivity contribution in [2.75, 3.05) is 6.54 Å². The molecular weight excluding hydrogens is 410 g/mol. The number of carbonyl (C=O) groups is 1. The summed E-state index contributed by atoms with van der Waals surface area (Å²) in [5.74, 6) is 1.09. The van der Waals surface area contributed by atoms with Gasteiger partial charge in [0.2, 0.25) is 0 Å². The lowest BCUT2D eigenvalue weighted by Gasteiger charge is -2.25. The first kappa shape index (κ1) is 21.0. The number of nitrogens with zero attached hydrogens (tertiary/aromatic N) is 2. The maximum Gasteiger partial charge on any atom is 0.251 e. The van der Waals surface area contributed by atoms with Gasteiger partial charge in [0.1, 0.15) is 17.6 Å². The van der Waals surface area contributed by atoms with E-state index in [-0.39, 0.29) is 17.7 Å². The van der Waals surface area contributed by atoms with Gasteiger partial charge in [0.05, 0.1) is 18.0 Å². The second-order valence-electron chi connectivity index (χ2n) is 8.56. The number of hydrogen-bond acceptors (Lipinski definition) is 4. The molecule has 1 saturated heterocycles. The largest absolute Gasteiger partial charge is 0.508 e. The first-order chi connectivity index (χ1) is 16.1. The molecule has 3 aromatic rings. The number of aliphatic imine (C=N–C) groups is 1. The molecule has 1 unspecified atom stereocenters. The van der Waals surface area contributed by atoms with E-state index in [1.807, 2.05) is 35.2 Å². The molecule has 0 aliphatic carbocycles. The average Bonchev–Trinajstić information content (AvgIpc) is 3.16. The molecule has 1 amide bonds. The highest BCUT2D eigenvalue weighted by molar-refractivity contribution is 6.06. The number of benzene rings is 3. The smallest absolute Gasteiger partial charge is 0.251 e. The Hall–Kier alpha value is -3.86. The van der Waals surface area contributed by atoms with Gasteiger partial charge in [0.15, 0.2) is 0 Å². The van der Waals surface area contributed by atoms with Crippen LogP contribution in [0.1, 0.15) is 29.2 Å². The van der Waals surface area contributed by atoms with E-state index >= 15 is 0 Å². The van der Waals surface area contributed by atoms with E-state index in [0.717, 1.165) is 40.3 Å². The molecule has 1 fully saturated rings. The molecule has 0 radical (unpaired) electrons. The van der Waals surface area contributed by atoms with Gasteiger partial charge in [-0.3, -0.25) is 14.7 Å². The number of fused-ring (bicyclic) bond motifs is 1. The molecule has 33 heavy (non-hydrogen) atoms. The van der Waals surface area contributed by atoms with Gasteiger partial charge >= 0.3 is 0 Å². The summed E-state index contributed by atoms with van der Waals surface area (Å²) in [4.78, 5) is 20.2. The van der Waals surface area contributed by atoms with E-state index in [1.165, 1.54) is 5.56 Å². The highest BCUT2D eigenvalue weighted by Gasteiger charge is 2.39. The van der Waals surface area contributed by atoms with Crippen LogP contribution in [0.2, 0.25) is 0 Å². The molecule has 0 spiro atoms. The SMILES string of the molecule is CCc1ccc(CC2NC3=C(Cc4ccccc4)N=C(c4ccc(O)cc4)CN3C2=O)cc1. The summed E-state index contributed by atoms with van der Waals surface area (Å²) in [5.41, 5.74) is 6.16. The summed E-state index contributed by atoms with van der Waals surface area (Å²) in [6.45, 7) is 2.55. The molecule has 5 heteroatoms. The molecular formula is C28H27N3O2. The van der Waals surface area contributed by atoms with Crippen LogP contribution < -0.4 is 5.32 Å². The van der Waals surface area contributed by atoms with E-state index in [2.05, 4.69) is 48.6 Å². The number of allylic oxidation sites excluding steroid dienone is 1. The first-order valence-electron chi connectivity index (χ1n) is 11.4. The number of phenols is 1. The molecule has 2 aliphatic heterocycles. The molecule has 2 heterocycles. The number of carbonyl (C=O) groups excluding carboxylic acids is 1. The molecule has 2 aliphatic rings. The van der Waals surface area contributed by atoms with Crippen LogP contribution in [0.15, 0.2) is 95.4 Å². The lowest BCUT2D eigenvalue weighted by atomic mass is 10.0. The van der Waals surface area contributed by atoms with E-state index in [0.29, 0.717) is 19.4 Å². The van der Waals surface area contributed by atoms with Gasteiger partial charge in [0.25, 0.3) is 5.91 Å². The molecule has 2 N–H and O–H groups in total. The number of rotatable bonds is 6. The molecule has 5 nitrogen and oxygen atoms in total.